The van der Waals surface area contributed by atoms with Crippen molar-refractivity contribution in [1.82, 2.24) is 10.3 Å². The lowest BCUT2D eigenvalue weighted by molar-refractivity contribution is 0.652. The Morgan fingerprint density at radius 2 is 2.40 bits per heavy atom. The van der Waals surface area contributed by atoms with Crippen LogP contribution in [0.1, 0.15) is 30.2 Å². The van der Waals surface area contributed by atoms with Gasteiger partial charge in [0.05, 0.1) is 5.01 Å². The maximum atomic E-state index is 4.34. The van der Waals surface area contributed by atoms with E-state index in [0.717, 1.165) is 24.8 Å². The third kappa shape index (κ3) is 5.00. The Bertz CT molecular complexity index is 273. The molecule has 1 unspecified atom stereocenters. The van der Waals surface area contributed by atoms with Gasteiger partial charge >= 0.3 is 0 Å². The van der Waals surface area contributed by atoms with Crippen LogP contribution in [0.5, 0.6) is 0 Å². The summed E-state index contributed by atoms with van der Waals surface area (Å²) in [6, 6.07) is 0. The minimum absolute atomic E-state index is 0.755. The summed E-state index contributed by atoms with van der Waals surface area (Å²) >= 11 is 3.75. The molecule has 0 radical (unpaired) electrons. The zero-order chi connectivity index (χ0) is 11.1. The molecule has 0 saturated heterocycles. The van der Waals surface area contributed by atoms with Gasteiger partial charge in [-0.3, -0.25) is 0 Å². The second-order valence-electron chi connectivity index (χ2n) is 3.59. The van der Waals surface area contributed by atoms with Crippen molar-refractivity contribution < 1.29 is 0 Å². The monoisotopic (exact) mass is 244 g/mol. The van der Waals surface area contributed by atoms with Crippen molar-refractivity contribution in [2.24, 2.45) is 0 Å². The van der Waals surface area contributed by atoms with Crippen molar-refractivity contribution in [3.8, 4) is 0 Å². The first-order valence-corrected chi connectivity index (χ1v) is 7.53. The number of nitrogens with one attached hydrogen (secondary N) is 1. The summed E-state index contributed by atoms with van der Waals surface area (Å²) in [5.41, 5.74) is 0. The van der Waals surface area contributed by atoms with Crippen molar-refractivity contribution in [2.45, 2.75) is 38.5 Å². The molecule has 2 nitrogen and oxygen atoms in total. The number of hydrogen-bond acceptors (Lipinski definition) is 4. The molecule has 0 fully saturated rings. The molecular formula is C11H20N2S2. The first kappa shape index (κ1) is 13.0. The molecule has 1 aromatic rings. The average molecular weight is 244 g/mol. The van der Waals surface area contributed by atoms with Gasteiger partial charge in [0.1, 0.15) is 0 Å². The Balaban J connectivity index is 2.14. The molecule has 86 valence electrons. The van der Waals surface area contributed by atoms with Crippen molar-refractivity contribution in [2.75, 3.05) is 12.8 Å². The van der Waals surface area contributed by atoms with Gasteiger partial charge in [-0.25, -0.2) is 4.98 Å². The van der Waals surface area contributed by atoms with E-state index in [0.29, 0.717) is 0 Å². The van der Waals surface area contributed by atoms with E-state index in [4.69, 9.17) is 0 Å². The number of aryl methyl sites for hydroxylation is 1. The van der Waals surface area contributed by atoms with Crippen LogP contribution in [0.4, 0.5) is 0 Å². The standard InChI is InChI=1S/C11H20N2S2/c1-4-11-13-8-10(15-11)7-12-6-5-9(2)14-3/h8-9,12H,4-7H2,1-3H3. The van der Waals surface area contributed by atoms with Crippen LogP contribution < -0.4 is 5.32 Å². The molecule has 0 bridgehead atoms. The third-order valence-electron chi connectivity index (χ3n) is 2.33. The number of nitrogens with zero attached hydrogens (tertiary/aromatic N) is 1. The molecule has 0 aromatic carbocycles. The van der Waals surface area contributed by atoms with Crippen molar-refractivity contribution in [3.05, 3.63) is 16.1 Å². The molecule has 4 heteroatoms. The van der Waals surface area contributed by atoms with Crippen molar-refractivity contribution in [1.29, 1.82) is 0 Å². The summed E-state index contributed by atoms with van der Waals surface area (Å²) in [4.78, 5) is 5.69. The fraction of sp³-hybridized carbons (Fsp3) is 0.727. The van der Waals surface area contributed by atoms with E-state index >= 15 is 0 Å². The largest absolute Gasteiger partial charge is 0.312 e. The topological polar surface area (TPSA) is 24.9 Å². The predicted octanol–water partition coefficient (Wildman–Crippen LogP) is 2.94. The molecule has 1 atom stereocenters. The third-order valence-corrected chi connectivity index (χ3v) is 4.52. The lowest BCUT2D eigenvalue weighted by Gasteiger charge is -2.07. The lowest BCUT2D eigenvalue weighted by atomic mass is 10.3. The quantitative estimate of drug-likeness (QED) is 0.747. The van der Waals surface area contributed by atoms with Crippen LogP contribution in [-0.4, -0.2) is 23.0 Å². The minimum Gasteiger partial charge on any atom is -0.312 e. The minimum atomic E-state index is 0.755. The van der Waals surface area contributed by atoms with Crippen LogP contribution in [0.15, 0.2) is 6.20 Å². The molecule has 0 spiro atoms. The van der Waals surface area contributed by atoms with E-state index in [2.05, 4.69) is 30.4 Å². The molecule has 15 heavy (non-hydrogen) atoms. The summed E-state index contributed by atoms with van der Waals surface area (Å²) in [6.45, 7) is 6.49. The van der Waals surface area contributed by atoms with Crippen LogP contribution in [0.3, 0.4) is 0 Å². The molecule has 0 aliphatic rings. The number of hydrogen-bond donors (Lipinski definition) is 1. The zero-order valence-electron chi connectivity index (χ0n) is 9.75. The molecule has 1 N–H and O–H groups in total. The van der Waals surface area contributed by atoms with Gasteiger partial charge in [-0.2, -0.15) is 11.8 Å². The zero-order valence-corrected chi connectivity index (χ0v) is 11.4. The Morgan fingerprint density at radius 3 is 3.00 bits per heavy atom. The molecule has 0 saturated carbocycles. The molecule has 1 rings (SSSR count). The van der Waals surface area contributed by atoms with Crippen LogP contribution in [0.25, 0.3) is 0 Å². The summed E-state index contributed by atoms with van der Waals surface area (Å²) in [6.07, 6.45) is 6.45. The highest BCUT2D eigenvalue weighted by Gasteiger charge is 2.01. The van der Waals surface area contributed by atoms with Gasteiger partial charge in [0.25, 0.3) is 0 Å². The van der Waals surface area contributed by atoms with Crippen LogP contribution >= 0.6 is 23.1 Å². The number of aromatic nitrogens is 1. The predicted molar refractivity (Wildman–Crippen MR) is 70.8 cm³/mol. The van der Waals surface area contributed by atoms with Crippen molar-refractivity contribution >= 4 is 23.1 Å². The van der Waals surface area contributed by atoms with Gasteiger partial charge in [-0.15, -0.1) is 11.3 Å². The van der Waals surface area contributed by atoms with Gasteiger partial charge in [-0.1, -0.05) is 13.8 Å². The SMILES string of the molecule is CCc1ncc(CNCCC(C)SC)s1. The normalized spacial score (nSPS) is 13.0. The molecule has 1 heterocycles. The second kappa shape index (κ2) is 7.25. The summed E-state index contributed by atoms with van der Waals surface area (Å²) in [5, 5.41) is 5.46. The van der Waals surface area contributed by atoms with Gasteiger partial charge < -0.3 is 5.32 Å². The van der Waals surface area contributed by atoms with E-state index in [1.807, 2.05) is 29.3 Å². The lowest BCUT2D eigenvalue weighted by Crippen LogP contribution is -2.16. The van der Waals surface area contributed by atoms with Gasteiger partial charge in [0.2, 0.25) is 0 Å². The highest BCUT2D eigenvalue weighted by atomic mass is 32.2. The van der Waals surface area contributed by atoms with Crippen LogP contribution in [-0.2, 0) is 13.0 Å². The van der Waals surface area contributed by atoms with Crippen LogP contribution in [0, 0.1) is 0 Å². The Kier molecular flexibility index (Phi) is 6.29. The summed E-state index contributed by atoms with van der Waals surface area (Å²) in [7, 11) is 0. The highest BCUT2D eigenvalue weighted by Crippen LogP contribution is 2.13. The van der Waals surface area contributed by atoms with E-state index < -0.39 is 0 Å². The fourth-order valence-electron chi connectivity index (χ4n) is 1.23. The molecule has 0 aliphatic carbocycles. The first-order chi connectivity index (χ1) is 7.26. The van der Waals surface area contributed by atoms with Crippen LogP contribution in [0.2, 0.25) is 0 Å². The average Bonchev–Trinajstić information content (AvgIpc) is 2.72. The van der Waals surface area contributed by atoms with Gasteiger partial charge in [0.15, 0.2) is 0 Å². The van der Waals surface area contributed by atoms with E-state index in [1.54, 1.807) is 0 Å². The van der Waals surface area contributed by atoms with Gasteiger partial charge in [0, 0.05) is 22.9 Å². The number of rotatable bonds is 7. The van der Waals surface area contributed by atoms with Crippen molar-refractivity contribution in [3.63, 3.8) is 0 Å². The summed E-state index contributed by atoms with van der Waals surface area (Å²) < 4.78 is 0. The Labute approximate surface area is 101 Å². The fourth-order valence-corrected chi connectivity index (χ4v) is 2.41. The smallest absolute Gasteiger partial charge is 0.0925 e. The molecule has 0 aliphatic heterocycles. The number of thiazole rings is 1. The molecular weight excluding hydrogens is 224 g/mol. The maximum absolute atomic E-state index is 4.34. The molecule has 0 amide bonds. The maximum Gasteiger partial charge on any atom is 0.0925 e. The summed E-state index contributed by atoms with van der Waals surface area (Å²) in [5.74, 6) is 0. The Hall–Kier alpha value is -0.0600. The van der Waals surface area contributed by atoms with E-state index in [-0.39, 0.29) is 0 Å². The highest BCUT2D eigenvalue weighted by molar-refractivity contribution is 7.99. The van der Waals surface area contributed by atoms with E-state index in [9.17, 15) is 0 Å². The second-order valence-corrected chi connectivity index (χ2v) is 6.06. The van der Waals surface area contributed by atoms with E-state index in [1.165, 1.54) is 16.3 Å². The molecule has 1 aromatic heterocycles. The number of thioether (sulfide) groups is 1. The first-order valence-electron chi connectivity index (χ1n) is 5.43. The van der Waals surface area contributed by atoms with Gasteiger partial charge in [-0.05, 0) is 25.6 Å². The Morgan fingerprint density at radius 1 is 1.60 bits per heavy atom.